The summed E-state index contributed by atoms with van der Waals surface area (Å²) >= 11 is 0. The number of aryl methyl sites for hydroxylation is 8. The largest absolute Gasteiger partial charge is 0.344 e. The zero-order valence-corrected chi connectivity index (χ0v) is 42.1. The van der Waals surface area contributed by atoms with Crippen LogP contribution in [0.5, 0.6) is 0 Å². The number of aromatic nitrogens is 3. The minimum atomic E-state index is 0.658. The molecule has 8 aromatic rings. The van der Waals surface area contributed by atoms with Crippen LogP contribution in [0.15, 0.2) is 103 Å². The van der Waals surface area contributed by atoms with Crippen molar-refractivity contribution in [3.63, 3.8) is 0 Å². The van der Waals surface area contributed by atoms with Gasteiger partial charge in [-0.25, -0.2) is 15.0 Å². The predicted octanol–water partition coefficient (Wildman–Crippen LogP) is 16.1. The highest BCUT2D eigenvalue weighted by molar-refractivity contribution is 5.85. The number of hydrogen-bond acceptors (Lipinski definition) is 5. The van der Waals surface area contributed by atoms with Crippen LogP contribution in [-0.4, -0.2) is 29.0 Å². The van der Waals surface area contributed by atoms with E-state index in [9.17, 15) is 0 Å². The van der Waals surface area contributed by atoms with Gasteiger partial charge in [0, 0.05) is 53.5 Å². The van der Waals surface area contributed by atoms with E-state index in [-0.39, 0.29) is 0 Å². The van der Waals surface area contributed by atoms with Crippen LogP contribution in [0.3, 0.4) is 0 Å². The van der Waals surface area contributed by atoms with Gasteiger partial charge in [0.25, 0.3) is 0 Å². The third-order valence-electron chi connectivity index (χ3n) is 14.5. The fourth-order valence-corrected chi connectivity index (χ4v) is 10.6. The lowest BCUT2D eigenvalue weighted by molar-refractivity contribution is 1.06. The molecule has 0 aliphatic rings. The highest BCUT2D eigenvalue weighted by atomic mass is 15.1. The summed E-state index contributed by atoms with van der Waals surface area (Å²) in [4.78, 5) is 20.7. The highest BCUT2D eigenvalue weighted by Gasteiger charge is 2.24. The first-order valence-electron chi connectivity index (χ1n) is 23.2. The Kier molecular flexibility index (Phi) is 12.4. The summed E-state index contributed by atoms with van der Waals surface area (Å²) in [5.74, 6) is 2.01. The standard InChI is InChI=1S/C61H65N5/c1-34-30-35(2)43(10)57(42(34)9)65(15)51-26-22-48(23-27-51)53-38(5)32-40(7)55(46(53)13)60-62-59(50-20-18-17-19-21-50)63-61(64-60)56-41(8)33-39(6)54(47(56)14)49-24-28-52(29-25-49)66(16)58-44(11)36(3)31-37(4)45(58)12/h17-33H,1-16H3. The average Bonchev–Trinajstić information content (AvgIpc) is 3.28. The Morgan fingerprint density at radius 2 is 0.591 bits per heavy atom. The van der Waals surface area contributed by atoms with E-state index < -0.39 is 0 Å². The van der Waals surface area contributed by atoms with E-state index in [0.29, 0.717) is 17.5 Å². The van der Waals surface area contributed by atoms with Crippen LogP contribution in [-0.2, 0) is 0 Å². The van der Waals surface area contributed by atoms with Gasteiger partial charge < -0.3 is 9.80 Å². The van der Waals surface area contributed by atoms with Crippen molar-refractivity contribution in [1.82, 2.24) is 15.0 Å². The van der Waals surface area contributed by atoms with Crippen LogP contribution >= 0.6 is 0 Å². The Labute approximate surface area is 394 Å². The second-order valence-corrected chi connectivity index (χ2v) is 18.9. The smallest absolute Gasteiger partial charge is 0.164 e. The van der Waals surface area contributed by atoms with Gasteiger partial charge in [-0.1, -0.05) is 78.9 Å². The fourth-order valence-electron chi connectivity index (χ4n) is 10.6. The molecule has 0 saturated carbocycles. The Morgan fingerprint density at radius 3 is 0.939 bits per heavy atom. The van der Waals surface area contributed by atoms with Gasteiger partial charge in [0.2, 0.25) is 0 Å². The summed E-state index contributed by atoms with van der Waals surface area (Å²) in [5, 5.41) is 0. The molecule has 7 aromatic carbocycles. The summed E-state index contributed by atoms with van der Waals surface area (Å²) < 4.78 is 0. The molecule has 0 bridgehead atoms. The highest BCUT2D eigenvalue weighted by Crippen LogP contribution is 2.42. The second kappa shape index (κ2) is 17.9. The van der Waals surface area contributed by atoms with Crippen LogP contribution in [0.4, 0.5) is 22.7 Å². The van der Waals surface area contributed by atoms with Gasteiger partial charge in [0.15, 0.2) is 17.5 Å². The minimum Gasteiger partial charge on any atom is -0.344 e. The molecule has 0 N–H and O–H groups in total. The Balaban J connectivity index is 1.23. The van der Waals surface area contributed by atoms with E-state index in [4.69, 9.17) is 15.0 Å². The van der Waals surface area contributed by atoms with Crippen molar-refractivity contribution in [2.45, 2.75) is 96.9 Å². The van der Waals surface area contributed by atoms with E-state index in [1.54, 1.807) is 0 Å². The molecule has 5 heteroatoms. The summed E-state index contributed by atoms with van der Waals surface area (Å²) in [5.41, 5.74) is 30.2. The molecule has 0 aliphatic heterocycles. The van der Waals surface area contributed by atoms with Crippen molar-refractivity contribution >= 4 is 22.7 Å². The third-order valence-corrected chi connectivity index (χ3v) is 14.5. The van der Waals surface area contributed by atoms with Gasteiger partial charge >= 0.3 is 0 Å². The molecule has 0 radical (unpaired) electrons. The number of nitrogens with zero attached hydrogens (tertiary/aromatic N) is 5. The molecule has 5 nitrogen and oxygen atoms in total. The van der Waals surface area contributed by atoms with Crippen LogP contribution in [0.1, 0.15) is 77.9 Å². The number of anilines is 4. The van der Waals surface area contributed by atoms with Crippen LogP contribution in [0, 0.1) is 96.9 Å². The molecule has 0 aliphatic carbocycles. The van der Waals surface area contributed by atoms with E-state index in [1.807, 2.05) is 18.2 Å². The molecular formula is C61H65N5. The molecule has 8 rings (SSSR count). The van der Waals surface area contributed by atoms with Gasteiger partial charge in [-0.05, 0) is 221 Å². The van der Waals surface area contributed by atoms with E-state index in [2.05, 4.69) is 206 Å². The Morgan fingerprint density at radius 1 is 0.288 bits per heavy atom. The number of benzene rings is 7. The molecule has 0 amide bonds. The van der Waals surface area contributed by atoms with Gasteiger partial charge in [0.1, 0.15) is 0 Å². The van der Waals surface area contributed by atoms with Crippen molar-refractivity contribution in [3.05, 3.63) is 181 Å². The number of rotatable bonds is 9. The monoisotopic (exact) mass is 868 g/mol. The zero-order chi connectivity index (χ0) is 47.5. The molecule has 0 spiro atoms. The van der Waals surface area contributed by atoms with Crippen molar-refractivity contribution in [2.75, 3.05) is 23.9 Å². The lowest BCUT2D eigenvalue weighted by atomic mass is 9.88. The second-order valence-electron chi connectivity index (χ2n) is 18.9. The van der Waals surface area contributed by atoms with Gasteiger partial charge in [-0.2, -0.15) is 0 Å². The quantitative estimate of drug-likeness (QED) is 0.145. The minimum absolute atomic E-state index is 0.658. The first-order valence-corrected chi connectivity index (χ1v) is 23.2. The van der Waals surface area contributed by atoms with Crippen molar-refractivity contribution in [3.8, 4) is 56.4 Å². The molecule has 1 heterocycles. The molecular weight excluding hydrogens is 803 g/mol. The first-order chi connectivity index (χ1) is 31.4. The molecule has 334 valence electrons. The lowest BCUT2D eigenvalue weighted by Gasteiger charge is -2.26. The van der Waals surface area contributed by atoms with Crippen molar-refractivity contribution in [2.24, 2.45) is 0 Å². The third kappa shape index (κ3) is 8.10. The fraction of sp³-hybridized carbons (Fsp3) is 0.262. The van der Waals surface area contributed by atoms with Gasteiger partial charge in [-0.3, -0.25) is 0 Å². The van der Waals surface area contributed by atoms with Crippen LogP contribution in [0.2, 0.25) is 0 Å². The maximum absolute atomic E-state index is 5.44. The van der Waals surface area contributed by atoms with Crippen molar-refractivity contribution < 1.29 is 0 Å². The lowest BCUT2D eigenvalue weighted by Crippen LogP contribution is -2.14. The van der Waals surface area contributed by atoms with Crippen LogP contribution in [0.25, 0.3) is 56.4 Å². The summed E-state index contributed by atoms with van der Waals surface area (Å²) in [7, 11) is 4.36. The van der Waals surface area contributed by atoms with E-state index >= 15 is 0 Å². The SMILES string of the molecule is Cc1cc(C)c(C)c(N(C)c2ccc(-c3c(C)cc(C)c(-c4nc(-c5ccccc5)nc(-c5c(C)cc(C)c(-c6ccc(N(C)c7c(C)c(C)cc(C)c7C)cc6)c5C)n4)c3C)cc2)c1C. The summed E-state index contributed by atoms with van der Waals surface area (Å²) in [6, 6.07) is 37.5. The predicted molar refractivity (Wildman–Crippen MR) is 282 cm³/mol. The average molecular weight is 868 g/mol. The topological polar surface area (TPSA) is 45.2 Å². The molecule has 66 heavy (non-hydrogen) atoms. The molecule has 0 saturated heterocycles. The Bertz CT molecular complexity index is 2930. The normalized spacial score (nSPS) is 11.3. The molecule has 1 aromatic heterocycles. The van der Waals surface area contributed by atoms with Crippen molar-refractivity contribution in [1.29, 1.82) is 0 Å². The van der Waals surface area contributed by atoms with E-state index in [0.717, 1.165) is 50.3 Å². The maximum atomic E-state index is 5.44. The zero-order valence-electron chi connectivity index (χ0n) is 42.1. The molecule has 0 unspecified atom stereocenters. The Hall–Kier alpha value is -6.85. The van der Waals surface area contributed by atoms with Gasteiger partial charge in [-0.15, -0.1) is 0 Å². The van der Waals surface area contributed by atoms with Gasteiger partial charge in [0.05, 0.1) is 0 Å². The first kappa shape index (κ1) is 45.7. The molecule has 0 fully saturated rings. The van der Waals surface area contributed by atoms with Crippen LogP contribution < -0.4 is 9.80 Å². The molecule has 0 atom stereocenters. The van der Waals surface area contributed by atoms with E-state index in [1.165, 1.54) is 89.3 Å². The summed E-state index contributed by atoms with van der Waals surface area (Å²) in [6.45, 7) is 31.0. The number of hydrogen-bond donors (Lipinski definition) is 0. The summed E-state index contributed by atoms with van der Waals surface area (Å²) in [6.07, 6.45) is 0. The maximum Gasteiger partial charge on any atom is 0.164 e.